The van der Waals surface area contributed by atoms with Crippen LogP contribution >= 0.6 is 46.4 Å². The Morgan fingerprint density at radius 1 is 1.00 bits per heavy atom. The Balaban J connectivity index is 0.000000695. The van der Waals surface area contributed by atoms with Crippen LogP contribution < -0.4 is 11.1 Å². The van der Waals surface area contributed by atoms with E-state index in [1.165, 1.54) is 0 Å². The molecule has 4 rings (SSSR count). The summed E-state index contributed by atoms with van der Waals surface area (Å²) in [5.74, 6) is -2.52. The van der Waals surface area contributed by atoms with Crippen LogP contribution in [-0.2, 0) is 20.9 Å². The van der Waals surface area contributed by atoms with E-state index in [9.17, 15) is 14.4 Å². The second-order valence-corrected chi connectivity index (χ2v) is 9.28. The van der Waals surface area contributed by atoms with Crippen molar-refractivity contribution in [3.63, 3.8) is 0 Å². The van der Waals surface area contributed by atoms with Gasteiger partial charge in [-0.05, 0) is 55.0 Å². The minimum Gasteiger partial charge on any atom is -0.363 e. The maximum absolute atomic E-state index is 13.1. The summed E-state index contributed by atoms with van der Waals surface area (Å²) < 4.78 is 1.71. The highest BCUT2D eigenvalue weighted by molar-refractivity contribution is 6.52. The van der Waals surface area contributed by atoms with Crippen molar-refractivity contribution in [1.29, 1.82) is 0 Å². The van der Waals surface area contributed by atoms with E-state index in [1.54, 1.807) is 66.2 Å². The van der Waals surface area contributed by atoms with Gasteiger partial charge in [-0.1, -0.05) is 52.5 Å². The van der Waals surface area contributed by atoms with E-state index in [0.717, 1.165) is 5.56 Å². The number of halogens is 4. The number of anilines is 1. The van der Waals surface area contributed by atoms with Crippen LogP contribution in [0.25, 0.3) is 10.9 Å². The number of rotatable bonds is 6. The van der Waals surface area contributed by atoms with Gasteiger partial charge >= 0.3 is 0 Å². The second kappa shape index (κ2) is 12.2. The Kier molecular flexibility index (Phi) is 9.29. The van der Waals surface area contributed by atoms with E-state index in [2.05, 4.69) is 16.0 Å². The van der Waals surface area contributed by atoms with Crippen LogP contribution in [0.4, 0.5) is 5.69 Å². The Hall–Kier alpha value is -3.43. The number of nitrogens with zero attached hydrogens (tertiary/aromatic N) is 2. The first-order valence-corrected chi connectivity index (χ1v) is 12.0. The van der Waals surface area contributed by atoms with Gasteiger partial charge in [-0.25, -0.2) is 0 Å². The highest BCUT2D eigenvalue weighted by Gasteiger charge is 2.27. The predicted molar refractivity (Wildman–Crippen MR) is 145 cm³/mol. The van der Waals surface area contributed by atoms with Crippen LogP contribution in [0.3, 0.4) is 0 Å². The number of benzene rings is 2. The fraction of sp³-hybridized carbons (Fsp3) is 0.0800. The first-order chi connectivity index (χ1) is 17.5. The lowest BCUT2D eigenvalue weighted by Crippen LogP contribution is -2.23. The van der Waals surface area contributed by atoms with E-state index in [-0.39, 0.29) is 23.5 Å². The molecule has 0 saturated heterocycles. The number of carbonyl (C=O) groups is 4. The number of nitrogens with two attached hydrogens (primary N) is 1. The number of aldehydes is 1. The van der Waals surface area contributed by atoms with Gasteiger partial charge < -0.3 is 15.6 Å². The molecule has 3 N–H and O–H groups in total. The summed E-state index contributed by atoms with van der Waals surface area (Å²) >= 11 is 25.2. The fourth-order valence-electron chi connectivity index (χ4n) is 3.41. The molecule has 2 aromatic carbocycles. The van der Waals surface area contributed by atoms with Crippen LogP contribution in [0.5, 0.6) is 0 Å². The first-order valence-electron chi connectivity index (χ1n) is 10.5. The molecule has 0 bridgehead atoms. The van der Waals surface area contributed by atoms with Crippen LogP contribution in [0.2, 0.25) is 20.2 Å². The zero-order chi connectivity index (χ0) is 27.3. The number of ketones is 1. The fourth-order valence-corrected chi connectivity index (χ4v) is 4.39. The Morgan fingerprint density at radius 2 is 1.65 bits per heavy atom. The molecule has 0 fully saturated rings. The summed E-state index contributed by atoms with van der Waals surface area (Å²) in [6.45, 7) is 2.05. The SMILES string of the molecule is Cc1cc(NC(=O)C(=O)c2c(Cl)n(Cc3ccc(Cl)cc3Cl)c3ccc(Cl)cc23)ccn1.NC(=O)C=O. The van der Waals surface area contributed by atoms with E-state index in [1.807, 2.05) is 0 Å². The van der Waals surface area contributed by atoms with Gasteiger partial charge in [0.25, 0.3) is 17.6 Å². The van der Waals surface area contributed by atoms with Crippen LogP contribution in [0, 0.1) is 6.92 Å². The van der Waals surface area contributed by atoms with Crippen molar-refractivity contribution in [3.8, 4) is 0 Å². The number of aryl methyl sites for hydroxylation is 1. The first kappa shape index (κ1) is 28.1. The van der Waals surface area contributed by atoms with E-state index >= 15 is 0 Å². The summed E-state index contributed by atoms with van der Waals surface area (Å²) in [5.41, 5.74) is 6.91. The summed E-state index contributed by atoms with van der Waals surface area (Å²) in [6, 6.07) is 13.4. The molecule has 190 valence electrons. The van der Waals surface area contributed by atoms with Gasteiger partial charge in [0, 0.05) is 38.0 Å². The third-order valence-electron chi connectivity index (χ3n) is 5.01. The van der Waals surface area contributed by atoms with E-state index in [4.69, 9.17) is 51.2 Å². The standard InChI is InChI=1S/C23H15Cl4N3O2.C2H3NO2/c1-12-8-16(6-7-28-12)29-23(32)21(31)20-17-9-14(24)4-5-19(17)30(22(20)27)11-13-2-3-15(25)10-18(13)26;3-2(5)1-4/h2-10H,11H2,1H3,(H,28,29,32);1H,(H2,3,5). The molecule has 2 aromatic heterocycles. The summed E-state index contributed by atoms with van der Waals surface area (Å²) in [4.78, 5) is 48.2. The molecule has 0 atom stereocenters. The average molecular weight is 580 g/mol. The number of carbonyl (C=O) groups excluding carboxylic acids is 4. The van der Waals surface area contributed by atoms with Crippen molar-refractivity contribution in [3.05, 3.63) is 91.8 Å². The predicted octanol–water partition coefficient (Wildman–Crippen LogP) is 5.50. The number of Topliss-reactive ketones (excluding diaryl/α,β-unsaturated/α-hetero) is 1. The molecule has 0 spiro atoms. The van der Waals surface area contributed by atoms with Gasteiger partial charge in [-0.15, -0.1) is 0 Å². The van der Waals surface area contributed by atoms with Crippen LogP contribution in [0.1, 0.15) is 21.6 Å². The Labute approximate surface area is 231 Å². The number of hydrogen-bond acceptors (Lipinski definition) is 5. The number of amides is 2. The van der Waals surface area contributed by atoms with Gasteiger partial charge in [-0.3, -0.25) is 24.2 Å². The number of nitrogens with one attached hydrogen (secondary N) is 1. The minimum atomic E-state index is -0.926. The molecule has 0 saturated carbocycles. The molecule has 8 nitrogen and oxygen atoms in total. The third-order valence-corrected chi connectivity index (χ3v) is 6.22. The molecule has 0 aliphatic carbocycles. The molecule has 2 amide bonds. The normalized spacial score (nSPS) is 10.4. The molecule has 0 aliphatic heterocycles. The van der Waals surface area contributed by atoms with Gasteiger partial charge in [-0.2, -0.15) is 0 Å². The monoisotopic (exact) mass is 578 g/mol. The lowest BCUT2D eigenvalue weighted by atomic mass is 10.1. The summed E-state index contributed by atoms with van der Waals surface area (Å²) in [5, 5.41) is 4.56. The molecule has 4 aromatic rings. The summed E-state index contributed by atoms with van der Waals surface area (Å²) in [7, 11) is 0. The minimum absolute atomic E-state index is 0.0556. The number of primary amides is 1. The number of fused-ring (bicyclic) bond motifs is 1. The Morgan fingerprint density at radius 3 is 2.27 bits per heavy atom. The van der Waals surface area contributed by atoms with Gasteiger partial charge in [0.1, 0.15) is 5.15 Å². The topological polar surface area (TPSA) is 124 Å². The van der Waals surface area contributed by atoms with Gasteiger partial charge in [0.2, 0.25) is 6.29 Å². The quantitative estimate of drug-likeness (QED) is 0.177. The van der Waals surface area contributed by atoms with Crippen LogP contribution in [-0.4, -0.2) is 33.4 Å². The van der Waals surface area contributed by atoms with E-state index in [0.29, 0.717) is 37.4 Å². The highest BCUT2D eigenvalue weighted by Crippen LogP contribution is 2.34. The zero-order valence-electron chi connectivity index (χ0n) is 19.1. The zero-order valence-corrected chi connectivity index (χ0v) is 22.1. The maximum Gasteiger partial charge on any atom is 0.296 e. The number of aromatic nitrogens is 2. The van der Waals surface area contributed by atoms with Crippen molar-refractivity contribution in [2.24, 2.45) is 5.73 Å². The van der Waals surface area contributed by atoms with Crippen molar-refractivity contribution in [2.45, 2.75) is 13.5 Å². The van der Waals surface area contributed by atoms with Crippen molar-refractivity contribution >= 4 is 86.9 Å². The van der Waals surface area contributed by atoms with E-state index < -0.39 is 17.6 Å². The number of pyridine rings is 1. The lowest BCUT2D eigenvalue weighted by Gasteiger charge is -2.10. The molecular weight excluding hydrogens is 562 g/mol. The maximum atomic E-state index is 13.1. The second-order valence-electron chi connectivity index (χ2n) is 7.64. The largest absolute Gasteiger partial charge is 0.363 e. The van der Waals surface area contributed by atoms with Crippen molar-refractivity contribution in [1.82, 2.24) is 9.55 Å². The third kappa shape index (κ3) is 6.87. The van der Waals surface area contributed by atoms with Gasteiger partial charge in [0.15, 0.2) is 0 Å². The molecule has 37 heavy (non-hydrogen) atoms. The lowest BCUT2D eigenvalue weighted by molar-refractivity contribution is -0.129. The average Bonchev–Trinajstić information content (AvgIpc) is 3.10. The van der Waals surface area contributed by atoms with Crippen molar-refractivity contribution < 1.29 is 19.2 Å². The smallest absolute Gasteiger partial charge is 0.296 e. The molecular formula is C25H18Cl4N4O4. The molecule has 0 radical (unpaired) electrons. The number of hydrogen-bond donors (Lipinski definition) is 2. The molecule has 0 unspecified atom stereocenters. The molecule has 2 heterocycles. The van der Waals surface area contributed by atoms with Crippen LogP contribution in [0.15, 0.2) is 54.7 Å². The molecule has 0 aliphatic rings. The Bertz CT molecular complexity index is 1530. The summed E-state index contributed by atoms with van der Waals surface area (Å²) in [6.07, 6.45) is 1.60. The molecule has 12 heteroatoms. The van der Waals surface area contributed by atoms with Crippen molar-refractivity contribution in [2.75, 3.05) is 5.32 Å². The highest BCUT2D eigenvalue weighted by atomic mass is 35.5. The van der Waals surface area contributed by atoms with Gasteiger partial charge in [0.05, 0.1) is 17.6 Å².